The van der Waals surface area contributed by atoms with E-state index in [0.29, 0.717) is 11.1 Å². The number of nitrogens with zero attached hydrogens (tertiary/aromatic N) is 5. The summed E-state index contributed by atoms with van der Waals surface area (Å²) in [5.74, 6) is 0.388. The van der Waals surface area contributed by atoms with Crippen molar-refractivity contribution in [3.8, 4) is 0 Å². The Balaban J connectivity index is 2.27. The molecular weight excluding hydrogens is 332 g/mol. The number of aliphatic imine (C=N–C) groups is 1. The lowest BCUT2D eigenvalue weighted by Crippen LogP contribution is -2.36. The number of para-hydroxylation sites is 1. The number of fused-ring (bicyclic) bond motifs is 1. The monoisotopic (exact) mass is 354 g/mol. The van der Waals surface area contributed by atoms with Gasteiger partial charge in [-0.2, -0.15) is 0 Å². The lowest BCUT2D eigenvalue weighted by molar-refractivity contribution is 0.581. The number of rotatable bonds is 2. The Morgan fingerprint density at radius 1 is 1.16 bits per heavy atom. The maximum atomic E-state index is 6.41. The van der Waals surface area contributed by atoms with Gasteiger partial charge in [0.15, 0.2) is 0 Å². The van der Waals surface area contributed by atoms with E-state index in [-0.39, 0.29) is 5.54 Å². The summed E-state index contributed by atoms with van der Waals surface area (Å²) in [6, 6.07) is 9.99. The van der Waals surface area contributed by atoms with Crippen molar-refractivity contribution in [2.24, 2.45) is 10.7 Å². The molecule has 0 aliphatic rings. The van der Waals surface area contributed by atoms with E-state index in [9.17, 15) is 0 Å². The molecule has 1 aromatic carbocycles. The molecule has 130 valence electrons. The number of guanidine groups is 1. The molecular formula is C18H22N6S. The van der Waals surface area contributed by atoms with Crippen molar-refractivity contribution in [2.45, 2.75) is 40.2 Å². The van der Waals surface area contributed by atoms with Gasteiger partial charge in [-0.3, -0.25) is 9.88 Å². The lowest BCUT2D eigenvalue weighted by atomic mass is 10.1. The second-order valence-electron chi connectivity index (χ2n) is 6.88. The third-order valence-electron chi connectivity index (χ3n) is 3.45. The molecule has 0 bridgehead atoms. The van der Waals surface area contributed by atoms with Crippen molar-refractivity contribution in [3.05, 3.63) is 41.0 Å². The minimum Gasteiger partial charge on any atom is -0.369 e. The first-order chi connectivity index (χ1) is 11.7. The molecule has 3 aromatic rings. The summed E-state index contributed by atoms with van der Waals surface area (Å²) in [6.45, 7) is 9.93. The largest absolute Gasteiger partial charge is 0.369 e. The molecule has 0 unspecified atom stereocenters. The van der Waals surface area contributed by atoms with Gasteiger partial charge in [0.05, 0.1) is 16.7 Å². The molecule has 0 saturated carbocycles. The fraction of sp³-hybridized carbons (Fsp3) is 0.333. The molecule has 0 radical (unpaired) electrons. The minimum atomic E-state index is -0.306. The van der Waals surface area contributed by atoms with Gasteiger partial charge in [0, 0.05) is 11.1 Å². The Bertz CT molecular complexity index is 938. The molecule has 3 rings (SSSR count). The number of pyridine rings is 1. The number of benzene rings is 1. The highest BCUT2D eigenvalue weighted by molar-refractivity contribution is 7.15. The number of hydrogen-bond donors (Lipinski definition) is 1. The summed E-state index contributed by atoms with van der Waals surface area (Å²) < 4.78 is 0. The lowest BCUT2D eigenvalue weighted by Gasteiger charge is -2.25. The van der Waals surface area contributed by atoms with Gasteiger partial charge in [0.1, 0.15) is 5.01 Å². The molecule has 2 N–H and O–H groups in total. The van der Waals surface area contributed by atoms with Crippen LogP contribution in [0.3, 0.4) is 0 Å². The summed E-state index contributed by atoms with van der Waals surface area (Å²) in [7, 11) is 0. The highest BCUT2D eigenvalue weighted by atomic mass is 32.1. The van der Waals surface area contributed by atoms with E-state index in [0.717, 1.165) is 27.3 Å². The van der Waals surface area contributed by atoms with E-state index in [1.54, 1.807) is 0 Å². The van der Waals surface area contributed by atoms with Crippen molar-refractivity contribution in [1.82, 2.24) is 15.2 Å². The zero-order valence-electron chi connectivity index (χ0n) is 15.1. The van der Waals surface area contributed by atoms with Gasteiger partial charge in [-0.25, -0.2) is 4.99 Å². The molecule has 2 heterocycles. The van der Waals surface area contributed by atoms with E-state index in [4.69, 9.17) is 5.73 Å². The van der Waals surface area contributed by atoms with Gasteiger partial charge in [0.2, 0.25) is 11.1 Å². The SMILES string of the molecule is Cc1cc(N(C(N)=NC(C)(C)C)c2nnc(C)s2)c2ccccc2n1. The fourth-order valence-corrected chi connectivity index (χ4v) is 3.28. The number of hydrogen-bond acceptors (Lipinski definition) is 5. The fourth-order valence-electron chi connectivity index (χ4n) is 2.57. The van der Waals surface area contributed by atoms with Gasteiger partial charge in [-0.1, -0.05) is 29.5 Å². The number of aryl methyl sites for hydroxylation is 2. The van der Waals surface area contributed by atoms with Crippen LogP contribution in [-0.2, 0) is 0 Å². The average molecular weight is 354 g/mol. The van der Waals surface area contributed by atoms with E-state index < -0.39 is 0 Å². The Morgan fingerprint density at radius 2 is 1.88 bits per heavy atom. The first kappa shape index (κ1) is 17.3. The number of nitrogens with two attached hydrogens (primary N) is 1. The molecule has 0 aliphatic heterocycles. The Morgan fingerprint density at radius 3 is 2.52 bits per heavy atom. The quantitative estimate of drug-likeness (QED) is 0.556. The number of aromatic nitrogens is 3. The van der Waals surface area contributed by atoms with Crippen LogP contribution in [0.5, 0.6) is 0 Å². The zero-order valence-corrected chi connectivity index (χ0v) is 15.9. The van der Waals surface area contributed by atoms with Crippen LogP contribution in [0.1, 0.15) is 31.5 Å². The van der Waals surface area contributed by atoms with Gasteiger partial charge in [-0.05, 0) is 46.8 Å². The van der Waals surface area contributed by atoms with Crippen LogP contribution < -0.4 is 10.6 Å². The van der Waals surface area contributed by atoms with Crippen LogP contribution in [0, 0.1) is 13.8 Å². The van der Waals surface area contributed by atoms with Crippen molar-refractivity contribution >= 4 is 39.0 Å². The summed E-state index contributed by atoms with van der Waals surface area (Å²) in [4.78, 5) is 11.1. The second-order valence-corrected chi connectivity index (χ2v) is 8.04. The minimum absolute atomic E-state index is 0.306. The standard InChI is InChI=1S/C18H22N6S/c1-11-10-15(13-8-6-7-9-14(13)20-11)24(16(19)21-18(3,4)5)17-23-22-12(2)25-17/h6-10H,1-5H3,(H2,19,21). The van der Waals surface area contributed by atoms with Crippen LogP contribution in [-0.4, -0.2) is 26.7 Å². The molecule has 0 atom stereocenters. The van der Waals surface area contributed by atoms with Crippen molar-refractivity contribution in [1.29, 1.82) is 0 Å². The molecule has 25 heavy (non-hydrogen) atoms. The first-order valence-corrected chi connectivity index (χ1v) is 8.88. The highest BCUT2D eigenvalue weighted by Crippen LogP contribution is 2.34. The second kappa shape index (κ2) is 6.40. The molecule has 6 nitrogen and oxygen atoms in total. The smallest absolute Gasteiger partial charge is 0.219 e. The maximum absolute atomic E-state index is 6.41. The van der Waals surface area contributed by atoms with Crippen LogP contribution in [0.4, 0.5) is 10.8 Å². The molecule has 2 aromatic heterocycles. The predicted molar refractivity (Wildman–Crippen MR) is 105 cm³/mol. The normalized spacial score (nSPS) is 12.6. The Kier molecular flexibility index (Phi) is 4.43. The highest BCUT2D eigenvalue weighted by Gasteiger charge is 2.22. The predicted octanol–water partition coefficient (Wildman–Crippen LogP) is 3.95. The molecule has 0 fully saturated rings. The third-order valence-corrected chi connectivity index (χ3v) is 4.27. The Hall–Kier alpha value is -2.54. The molecule has 0 saturated heterocycles. The molecule has 7 heteroatoms. The zero-order chi connectivity index (χ0) is 18.2. The Labute approximate surface area is 151 Å². The summed E-state index contributed by atoms with van der Waals surface area (Å²) >= 11 is 1.48. The van der Waals surface area contributed by atoms with Gasteiger partial charge < -0.3 is 5.73 Å². The summed E-state index contributed by atoms with van der Waals surface area (Å²) in [5, 5.41) is 11.0. The van der Waals surface area contributed by atoms with Gasteiger partial charge in [0.25, 0.3) is 0 Å². The van der Waals surface area contributed by atoms with Crippen LogP contribution in [0.2, 0.25) is 0 Å². The van der Waals surface area contributed by atoms with Crippen LogP contribution in [0.15, 0.2) is 35.3 Å². The van der Waals surface area contributed by atoms with Gasteiger partial charge in [-0.15, -0.1) is 10.2 Å². The van der Waals surface area contributed by atoms with E-state index in [1.807, 2.05) is 69.9 Å². The van der Waals surface area contributed by atoms with Crippen molar-refractivity contribution in [2.75, 3.05) is 4.90 Å². The third kappa shape index (κ3) is 3.76. The summed E-state index contributed by atoms with van der Waals surface area (Å²) in [6.07, 6.45) is 0. The molecule has 0 spiro atoms. The van der Waals surface area contributed by atoms with Crippen LogP contribution >= 0.6 is 11.3 Å². The van der Waals surface area contributed by atoms with E-state index in [1.165, 1.54) is 11.3 Å². The summed E-state index contributed by atoms with van der Waals surface area (Å²) in [5.41, 5.74) is 8.83. The van der Waals surface area contributed by atoms with E-state index in [2.05, 4.69) is 20.2 Å². The first-order valence-electron chi connectivity index (χ1n) is 8.06. The molecule has 0 aliphatic carbocycles. The van der Waals surface area contributed by atoms with E-state index >= 15 is 0 Å². The number of anilines is 2. The van der Waals surface area contributed by atoms with Crippen LogP contribution in [0.25, 0.3) is 10.9 Å². The average Bonchev–Trinajstić information content (AvgIpc) is 2.91. The molecule has 0 amide bonds. The van der Waals surface area contributed by atoms with Crippen molar-refractivity contribution in [3.63, 3.8) is 0 Å². The van der Waals surface area contributed by atoms with Gasteiger partial charge >= 0.3 is 0 Å². The van der Waals surface area contributed by atoms with Crippen molar-refractivity contribution < 1.29 is 0 Å². The topological polar surface area (TPSA) is 80.3 Å². The maximum Gasteiger partial charge on any atom is 0.219 e.